The molecule has 1 unspecified atom stereocenters. The molecule has 0 spiro atoms. The summed E-state index contributed by atoms with van der Waals surface area (Å²) in [6, 6.07) is 4.80. The van der Waals surface area contributed by atoms with Crippen molar-refractivity contribution in [3.05, 3.63) is 23.8 Å². The number of benzene rings is 1. The van der Waals surface area contributed by atoms with Crippen LogP contribution >= 0.6 is 11.6 Å². The van der Waals surface area contributed by atoms with Gasteiger partial charge in [-0.25, -0.2) is 0 Å². The molecule has 0 aliphatic rings. The Hall–Kier alpha value is -1.42. The molecule has 0 aromatic heterocycles. The Bertz CT molecular complexity index is 364. The smallest absolute Gasteiger partial charge is 0.326 e. The fourth-order valence-corrected chi connectivity index (χ4v) is 1.34. The topological polar surface area (TPSA) is 55.8 Å². The molecule has 0 saturated carbocycles. The second-order valence-corrected chi connectivity index (χ2v) is 3.25. The van der Waals surface area contributed by atoms with Gasteiger partial charge >= 0.3 is 5.97 Å². The van der Waals surface area contributed by atoms with E-state index in [1.165, 1.54) is 14.2 Å². The molecular formula is C10H11ClO4. The van der Waals surface area contributed by atoms with Crippen LogP contribution in [0, 0.1) is 0 Å². The first-order chi connectivity index (χ1) is 7.10. The number of ether oxygens (including phenoxy) is 2. The van der Waals surface area contributed by atoms with Crippen LogP contribution in [-0.2, 0) is 4.79 Å². The Kier molecular flexibility index (Phi) is 3.80. The minimum Gasteiger partial charge on any atom is -0.497 e. The molecule has 5 heteroatoms. The van der Waals surface area contributed by atoms with Crippen molar-refractivity contribution in [2.24, 2.45) is 0 Å². The number of aliphatic carboxylic acids is 1. The molecule has 1 aromatic rings. The van der Waals surface area contributed by atoms with Crippen LogP contribution < -0.4 is 9.47 Å². The Morgan fingerprint density at radius 1 is 1.40 bits per heavy atom. The minimum atomic E-state index is -1.12. The normalized spacial score (nSPS) is 11.9. The van der Waals surface area contributed by atoms with Gasteiger partial charge in [0.15, 0.2) is 5.38 Å². The summed E-state index contributed by atoms with van der Waals surface area (Å²) in [6.45, 7) is 0. The first-order valence-electron chi connectivity index (χ1n) is 4.19. The van der Waals surface area contributed by atoms with E-state index in [2.05, 4.69) is 0 Å². The third-order valence-electron chi connectivity index (χ3n) is 1.93. The Morgan fingerprint density at radius 3 is 2.53 bits per heavy atom. The van der Waals surface area contributed by atoms with E-state index >= 15 is 0 Å². The second-order valence-electron chi connectivity index (χ2n) is 2.81. The van der Waals surface area contributed by atoms with Crippen LogP contribution in [0.25, 0.3) is 0 Å². The number of carboxylic acids is 1. The minimum absolute atomic E-state index is 0.400. The zero-order valence-corrected chi connectivity index (χ0v) is 9.12. The average Bonchev–Trinajstić information content (AvgIpc) is 2.27. The van der Waals surface area contributed by atoms with E-state index in [4.69, 9.17) is 26.2 Å². The summed E-state index contributed by atoms with van der Waals surface area (Å²) in [4.78, 5) is 10.7. The van der Waals surface area contributed by atoms with Gasteiger partial charge in [0, 0.05) is 11.6 Å². The Balaban J connectivity index is 3.12. The van der Waals surface area contributed by atoms with Crippen molar-refractivity contribution in [2.75, 3.05) is 14.2 Å². The van der Waals surface area contributed by atoms with E-state index in [1.807, 2.05) is 0 Å². The van der Waals surface area contributed by atoms with E-state index in [0.717, 1.165) is 0 Å². The highest BCUT2D eigenvalue weighted by atomic mass is 35.5. The molecule has 0 aliphatic heterocycles. The van der Waals surface area contributed by atoms with Crippen LogP contribution in [0.1, 0.15) is 10.9 Å². The molecule has 0 saturated heterocycles. The molecule has 82 valence electrons. The van der Waals surface area contributed by atoms with E-state index < -0.39 is 11.3 Å². The van der Waals surface area contributed by atoms with Gasteiger partial charge in [-0.2, -0.15) is 0 Å². The monoisotopic (exact) mass is 230 g/mol. The molecule has 0 amide bonds. The summed E-state index contributed by atoms with van der Waals surface area (Å²) >= 11 is 5.70. The summed E-state index contributed by atoms with van der Waals surface area (Å²) in [7, 11) is 2.97. The van der Waals surface area contributed by atoms with Crippen LogP contribution in [0.5, 0.6) is 11.5 Å². The van der Waals surface area contributed by atoms with Crippen molar-refractivity contribution in [3.8, 4) is 11.5 Å². The maximum Gasteiger partial charge on any atom is 0.326 e. The first-order valence-corrected chi connectivity index (χ1v) is 4.62. The van der Waals surface area contributed by atoms with Crippen LogP contribution in [0.4, 0.5) is 0 Å². The van der Waals surface area contributed by atoms with Crippen molar-refractivity contribution in [1.29, 1.82) is 0 Å². The maximum atomic E-state index is 10.7. The van der Waals surface area contributed by atoms with Crippen molar-refractivity contribution in [3.63, 3.8) is 0 Å². The molecule has 1 aromatic carbocycles. The fraction of sp³-hybridized carbons (Fsp3) is 0.300. The van der Waals surface area contributed by atoms with Crippen LogP contribution in [0.2, 0.25) is 0 Å². The van der Waals surface area contributed by atoms with Crippen molar-refractivity contribution in [2.45, 2.75) is 5.38 Å². The molecule has 0 fully saturated rings. The lowest BCUT2D eigenvalue weighted by molar-refractivity contribution is -0.136. The van der Waals surface area contributed by atoms with E-state index in [0.29, 0.717) is 17.1 Å². The van der Waals surface area contributed by atoms with Gasteiger partial charge in [-0.15, -0.1) is 11.6 Å². The van der Waals surface area contributed by atoms with Crippen molar-refractivity contribution >= 4 is 17.6 Å². The Morgan fingerprint density at radius 2 is 2.07 bits per heavy atom. The van der Waals surface area contributed by atoms with E-state index in [-0.39, 0.29) is 0 Å². The molecule has 1 rings (SSSR count). The molecular weight excluding hydrogens is 220 g/mol. The fourth-order valence-electron chi connectivity index (χ4n) is 1.16. The second kappa shape index (κ2) is 4.89. The van der Waals surface area contributed by atoms with E-state index in [1.54, 1.807) is 18.2 Å². The number of halogens is 1. The zero-order chi connectivity index (χ0) is 11.4. The van der Waals surface area contributed by atoms with Gasteiger partial charge < -0.3 is 14.6 Å². The summed E-state index contributed by atoms with van der Waals surface area (Å²) in [6.07, 6.45) is 0. The summed E-state index contributed by atoms with van der Waals surface area (Å²) < 4.78 is 10.0. The number of methoxy groups -OCH3 is 2. The van der Waals surface area contributed by atoms with Gasteiger partial charge in [-0.3, -0.25) is 4.79 Å². The standard InChI is InChI=1S/C10H11ClO4/c1-14-6-3-4-7(8(5-6)15-2)9(11)10(12)13/h3-5,9H,1-2H3,(H,12,13). The number of carboxylic acid groups (broad SMARTS) is 1. The first kappa shape index (κ1) is 11.7. The predicted molar refractivity (Wildman–Crippen MR) is 55.8 cm³/mol. The lowest BCUT2D eigenvalue weighted by Gasteiger charge is -2.11. The number of rotatable bonds is 4. The maximum absolute atomic E-state index is 10.7. The highest BCUT2D eigenvalue weighted by Crippen LogP contribution is 2.32. The number of alkyl halides is 1. The number of hydrogen-bond donors (Lipinski definition) is 1. The van der Waals surface area contributed by atoms with Gasteiger partial charge in [0.05, 0.1) is 14.2 Å². The zero-order valence-electron chi connectivity index (χ0n) is 8.36. The quantitative estimate of drug-likeness (QED) is 0.805. The van der Waals surface area contributed by atoms with Crippen molar-refractivity contribution in [1.82, 2.24) is 0 Å². The van der Waals surface area contributed by atoms with Crippen molar-refractivity contribution < 1.29 is 19.4 Å². The van der Waals surface area contributed by atoms with Crippen LogP contribution in [0.15, 0.2) is 18.2 Å². The largest absolute Gasteiger partial charge is 0.497 e. The third-order valence-corrected chi connectivity index (χ3v) is 2.35. The molecule has 1 atom stereocenters. The number of hydrogen-bond acceptors (Lipinski definition) is 3. The SMILES string of the molecule is COc1ccc(C(Cl)C(=O)O)c(OC)c1. The lowest BCUT2D eigenvalue weighted by Crippen LogP contribution is -2.06. The molecule has 0 radical (unpaired) electrons. The third kappa shape index (κ3) is 2.53. The lowest BCUT2D eigenvalue weighted by atomic mass is 10.1. The number of carbonyl (C=O) groups is 1. The van der Waals surface area contributed by atoms with Gasteiger partial charge in [0.2, 0.25) is 0 Å². The summed E-state index contributed by atoms with van der Waals surface area (Å²) in [5.41, 5.74) is 0.410. The van der Waals surface area contributed by atoms with Gasteiger partial charge in [-0.1, -0.05) is 0 Å². The highest BCUT2D eigenvalue weighted by Gasteiger charge is 2.20. The van der Waals surface area contributed by atoms with Gasteiger partial charge in [0.1, 0.15) is 11.5 Å². The van der Waals surface area contributed by atoms with Crippen LogP contribution in [0.3, 0.4) is 0 Å². The predicted octanol–water partition coefficient (Wildman–Crippen LogP) is 2.07. The molecule has 15 heavy (non-hydrogen) atoms. The Labute approximate surface area is 92.4 Å². The molecule has 0 bridgehead atoms. The average molecular weight is 231 g/mol. The van der Waals surface area contributed by atoms with Gasteiger partial charge in [0.25, 0.3) is 0 Å². The van der Waals surface area contributed by atoms with Gasteiger partial charge in [-0.05, 0) is 12.1 Å². The highest BCUT2D eigenvalue weighted by molar-refractivity contribution is 6.29. The van der Waals surface area contributed by atoms with E-state index in [9.17, 15) is 4.79 Å². The molecule has 4 nitrogen and oxygen atoms in total. The molecule has 0 aliphatic carbocycles. The molecule has 1 N–H and O–H groups in total. The summed E-state index contributed by atoms with van der Waals surface area (Å²) in [5, 5.41) is 7.64. The molecule has 0 heterocycles. The summed E-state index contributed by atoms with van der Waals surface area (Å²) in [5.74, 6) is -0.123. The van der Waals surface area contributed by atoms with Crippen LogP contribution in [-0.4, -0.2) is 25.3 Å².